The molecule has 3 heteroatoms. The topological polar surface area (TPSA) is 59.1 Å². The number of hydrogen-bond donors (Lipinski definition) is 2. The summed E-state index contributed by atoms with van der Waals surface area (Å²) in [7, 11) is 0. The SMILES string of the molecule is Nc1c(CO)ccnc1-c1ccccc1. The Hall–Kier alpha value is -1.87. The van der Waals surface area contributed by atoms with Gasteiger partial charge in [-0.3, -0.25) is 4.98 Å². The van der Waals surface area contributed by atoms with E-state index in [0.717, 1.165) is 11.3 Å². The first kappa shape index (κ1) is 9.68. The molecule has 0 saturated carbocycles. The van der Waals surface area contributed by atoms with Gasteiger partial charge in [-0.15, -0.1) is 0 Å². The Morgan fingerprint density at radius 3 is 2.53 bits per heavy atom. The van der Waals surface area contributed by atoms with Crippen molar-refractivity contribution in [3.05, 3.63) is 48.2 Å². The molecule has 3 nitrogen and oxygen atoms in total. The number of nitrogen functional groups attached to an aromatic ring is 1. The zero-order valence-electron chi connectivity index (χ0n) is 8.22. The van der Waals surface area contributed by atoms with Crippen LogP contribution in [0.15, 0.2) is 42.6 Å². The van der Waals surface area contributed by atoms with Crippen LogP contribution in [0.25, 0.3) is 11.3 Å². The number of anilines is 1. The smallest absolute Gasteiger partial charge is 0.0934 e. The highest BCUT2D eigenvalue weighted by molar-refractivity contribution is 5.74. The molecule has 0 atom stereocenters. The number of aliphatic hydroxyl groups excluding tert-OH is 1. The summed E-state index contributed by atoms with van der Waals surface area (Å²) in [4.78, 5) is 4.22. The van der Waals surface area contributed by atoms with Crippen molar-refractivity contribution < 1.29 is 5.11 Å². The third kappa shape index (κ3) is 1.82. The van der Waals surface area contributed by atoms with Crippen molar-refractivity contribution in [2.75, 3.05) is 5.73 Å². The zero-order chi connectivity index (χ0) is 10.7. The lowest BCUT2D eigenvalue weighted by Gasteiger charge is -2.07. The molecule has 1 aromatic carbocycles. The van der Waals surface area contributed by atoms with Crippen molar-refractivity contribution in [2.45, 2.75) is 6.61 Å². The Morgan fingerprint density at radius 1 is 1.13 bits per heavy atom. The second kappa shape index (κ2) is 4.11. The monoisotopic (exact) mass is 200 g/mol. The van der Waals surface area contributed by atoms with Gasteiger partial charge in [0.05, 0.1) is 18.0 Å². The first-order valence-corrected chi connectivity index (χ1v) is 4.72. The molecular weight excluding hydrogens is 188 g/mol. The lowest BCUT2D eigenvalue weighted by molar-refractivity contribution is 0.282. The number of hydrogen-bond acceptors (Lipinski definition) is 3. The van der Waals surface area contributed by atoms with E-state index in [1.54, 1.807) is 12.3 Å². The van der Waals surface area contributed by atoms with Gasteiger partial charge in [-0.25, -0.2) is 0 Å². The minimum Gasteiger partial charge on any atom is -0.397 e. The number of nitrogens with zero attached hydrogens (tertiary/aromatic N) is 1. The van der Waals surface area contributed by atoms with Crippen molar-refractivity contribution in [1.29, 1.82) is 0 Å². The van der Waals surface area contributed by atoms with Gasteiger partial charge in [0, 0.05) is 17.3 Å². The summed E-state index contributed by atoms with van der Waals surface area (Å²) < 4.78 is 0. The van der Waals surface area contributed by atoms with E-state index in [9.17, 15) is 0 Å². The molecular formula is C12H12N2O. The number of aliphatic hydroxyl groups is 1. The van der Waals surface area contributed by atoms with Crippen LogP contribution in [0.3, 0.4) is 0 Å². The van der Waals surface area contributed by atoms with Crippen molar-refractivity contribution in [3.8, 4) is 11.3 Å². The maximum Gasteiger partial charge on any atom is 0.0934 e. The van der Waals surface area contributed by atoms with Gasteiger partial charge >= 0.3 is 0 Å². The van der Waals surface area contributed by atoms with Gasteiger partial charge in [-0.1, -0.05) is 30.3 Å². The molecule has 1 aromatic heterocycles. The first-order valence-electron chi connectivity index (χ1n) is 4.72. The van der Waals surface area contributed by atoms with Gasteiger partial charge in [-0.05, 0) is 6.07 Å². The molecule has 0 fully saturated rings. The lowest BCUT2D eigenvalue weighted by Crippen LogP contribution is -1.99. The maximum absolute atomic E-state index is 9.08. The van der Waals surface area contributed by atoms with Crippen molar-refractivity contribution >= 4 is 5.69 Å². The van der Waals surface area contributed by atoms with E-state index in [-0.39, 0.29) is 6.61 Å². The molecule has 2 rings (SSSR count). The summed E-state index contributed by atoms with van der Waals surface area (Å²) in [5.41, 5.74) is 8.85. The molecule has 0 bridgehead atoms. The average Bonchev–Trinajstić information content (AvgIpc) is 2.30. The van der Waals surface area contributed by atoms with Crippen LogP contribution < -0.4 is 5.73 Å². The van der Waals surface area contributed by atoms with E-state index in [4.69, 9.17) is 10.8 Å². The van der Waals surface area contributed by atoms with Crippen LogP contribution in [0.2, 0.25) is 0 Å². The molecule has 0 saturated heterocycles. The molecule has 0 aliphatic rings. The first-order chi connectivity index (χ1) is 7.33. The van der Waals surface area contributed by atoms with E-state index < -0.39 is 0 Å². The molecule has 0 aliphatic heterocycles. The summed E-state index contributed by atoms with van der Waals surface area (Å²) in [5, 5.41) is 9.08. The van der Waals surface area contributed by atoms with Gasteiger partial charge in [-0.2, -0.15) is 0 Å². The largest absolute Gasteiger partial charge is 0.397 e. The van der Waals surface area contributed by atoms with Crippen LogP contribution in [-0.4, -0.2) is 10.1 Å². The highest BCUT2D eigenvalue weighted by atomic mass is 16.3. The molecule has 15 heavy (non-hydrogen) atoms. The van der Waals surface area contributed by atoms with E-state index in [1.165, 1.54) is 0 Å². The van der Waals surface area contributed by atoms with Gasteiger partial charge in [0.25, 0.3) is 0 Å². The van der Waals surface area contributed by atoms with E-state index >= 15 is 0 Å². The van der Waals surface area contributed by atoms with Crippen molar-refractivity contribution in [2.24, 2.45) is 0 Å². The third-order valence-corrected chi connectivity index (χ3v) is 2.30. The van der Waals surface area contributed by atoms with Crippen LogP contribution in [0.1, 0.15) is 5.56 Å². The summed E-state index contributed by atoms with van der Waals surface area (Å²) in [6.45, 7) is -0.0613. The number of nitrogens with two attached hydrogens (primary N) is 1. The van der Waals surface area contributed by atoms with Crippen molar-refractivity contribution in [1.82, 2.24) is 4.98 Å². The summed E-state index contributed by atoms with van der Waals surface area (Å²) in [5.74, 6) is 0. The molecule has 0 spiro atoms. The predicted molar refractivity (Wildman–Crippen MR) is 60.0 cm³/mol. The molecule has 2 aromatic rings. The summed E-state index contributed by atoms with van der Waals surface area (Å²) in [6.07, 6.45) is 1.66. The minimum absolute atomic E-state index is 0.0613. The molecule has 3 N–H and O–H groups in total. The van der Waals surface area contributed by atoms with Gasteiger partial charge in [0.1, 0.15) is 0 Å². The number of aromatic nitrogens is 1. The summed E-state index contributed by atoms with van der Waals surface area (Å²) in [6, 6.07) is 11.4. The molecule has 0 radical (unpaired) electrons. The fourth-order valence-electron chi connectivity index (χ4n) is 1.48. The lowest BCUT2D eigenvalue weighted by atomic mass is 10.1. The van der Waals surface area contributed by atoms with E-state index in [0.29, 0.717) is 11.3 Å². The summed E-state index contributed by atoms with van der Waals surface area (Å²) >= 11 is 0. The second-order valence-corrected chi connectivity index (χ2v) is 3.26. The number of rotatable bonds is 2. The highest BCUT2D eigenvalue weighted by Crippen LogP contribution is 2.25. The van der Waals surface area contributed by atoms with E-state index in [1.807, 2.05) is 30.3 Å². The molecule has 76 valence electrons. The Bertz CT molecular complexity index is 454. The normalized spacial score (nSPS) is 10.2. The zero-order valence-corrected chi connectivity index (χ0v) is 8.22. The van der Waals surface area contributed by atoms with Crippen LogP contribution in [-0.2, 0) is 6.61 Å². The van der Waals surface area contributed by atoms with Crippen LogP contribution >= 0.6 is 0 Å². The fourth-order valence-corrected chi connectivity index (χ4v) is 1.48. The third-order valence-electron chi connectivity index (χ3n) is 2.30. The number of benzene rings is 1. The minimum atomic E-state index is -0.0613. The molecule has 0 unspecified atom stereocenters. The van der Waals surface area contributed by atoms with Gasteiger partial charge in [0.2, 0.25) is 0 Å². The maximum atomic E-state index is 9.08. The Kier molecular flexibility index (Phi) is 2.65. The second-order valence-electron chi connectivity index (χ2n) is 3.26. The van der Waals surface area contributed by atoms with Crippen molar-refractivity contribution in [3.63, 3.8) is 0 Å². The molecule has 1 heterocycles. The standard InChI is InChI=1S/C12H12N2O/c13-11-10(8-15)6-7-14-12(11)9-4-2-1-3-5-9/h1-7,15H,8,13H2. The van der Waals surface area contributed by atoms with Gasteiger partial charge < -0.3 is 10.8 Å². The predicted octanol–water partition coefficient (Wildman–Crippen LogP) is 1.82. The Morgan fingerprint density at radius 2 is 1.87 bits per heavy atom. The Labute approximate surface area is 88.2 Å². The number of pyridine rings is 1. The van der Waals surface area contributed by atoms with Crippen LogP contribution in [0.4, 0.5) is 5.69 Å². The van der Waals surface area contributed by atoms with Gasteiger partial charge in [0.15, 0.2) is 0 Å². The van der Waals surface area contributed by atoms with Crippen LogP contribution in [0.5, 0.6) is 0 Å². The average molecular weight is 200 g/mol. The fraction of sp³-hybridized carbons (Fsp3) is 0.0833. The van der Waals surface area contributed by atoms with Crippen LogP contribution in [0, 0.1) is 0 Å². The van der Waals surface area contributed by atoms with E-state index in [2.05, 4.69) is 4.98 Å². The Balaban J connectivity index is 2.54. The quantitative estimate of drug-likeness (QED) is 0.777. The highest BCUT2D eigenvalue weighted by Gasteiger charge is 2.06. The molecule has 0 aliphatic carbocycles. The molecule has 0 amide bonds.